The Hall–Kier alpha value is -0.570. The predicted molar refractivity (Wildman–Crippen MR) is 34.6 cm³/mol. The summed E-state index contributed by atoms with van der Waals surface area (Å²) in [5, 5.41) is 11.0. The van der Waals surface area contributed by atoms with Crippen LogP contribution in [0.3, 0.4) is 0 Å². The molecule has 3 heteroatoms. The van der Waals surface area contributed by atoms with Crippen LogP contribution in [0.2, 0.25) is 0 Å². The van der Waals surface area contributed by atoms with E-state index in [2.05, 4.69) is 12.2 Å². The van der Waals surface area contributed by atoms with Gasteiger partial charge in [0.25, 0.3) is 0 Å². The van der Waals surface area contributed by atoms with E-state index in [9.17, 15) is 4.79 Å². The lowest BCUT2D eigenvalue weighted by Crippen LogP contribution is -2.27. The van der Waals surface area contributed by atoms with Crippen molar-refractivity contribution in [3.8, 4) is 0 Å². The lowest BCUT2D eigenvalue weighted by atomic mass is 10.2. The van der Waals surface area contributed by atoms with Gasteiger partial charge in [-0.1, -0.05) is 0 Å². The molecule has 0 bridgehead atoms. The molecule has 3 nitrogen and oxygen atoms in total. The van der Waals surface area contributed by atoms with Crippen LogP contribution >= 0.6 is 0 Å². The molecule has 0 fully saturated rings. The first-order chi connectivity index (χ1) is 4.16. The SMILES string of the molecule is [CH2]C(CO)CNC(C)=O. The van der Waals surface area contributed by atoms with Crippen molar-refractivity contribution >= 4 is 5.91 Å². The molecule has 0 heterocycles. The molecule has 9 heavy (non-hydrogen) atoms. The molecule has 0 aromatic heterocycles. The zero-order chi connectivity index (χ0) is 7.28. The van der Waals surface area contributed by atoms with Crippen molar-refractivity contribution < 1.29 is 9.90 Å². The summed E-state index contributed by atoms with van der Waals surface area (Å²) in [6, 6.07) is 0. The minimum Gasteiger partial charge on any atom is -0.396 e. The minimum absolute atomic E-state index is 0.0142. The van der Waals surface area contributed by atoms with Crippen molar-refractivity contribution in [1.29, 1.82) is 0 Å². The number of aliphatic hydroxyl groups is 1. The van der Waals surface area contributed by atoms with Gasteiger partial charge >= 0.3 is 0 Å². The summed E-state index contributed by atoms with van der Waals surface area (Å²) < 4.78 is 0. The van der Waals surface area contributed by atoms with Gasteiger partial charge in [0, 0.05) is 20.1 Å². The van der Waals surface area contributed by atoms with Crippen molar-refractivity contribution in [2.75, 3.05) is 13.2 Å². The van der Waals surface area contributed by atoms with E-state index in [0.717, 1.165) is 0 Å². The second-order valence-electron chi connectivity index (χ2n) is 1.99. The topological polar surface area (TPSA) is 49.3 Å². The summed E-state index contributed by atoms with van der Waals surface area (Å²) in [5.41, 5.74) is 0. The van der Waals surface area contributed by atoms with Gasteiger partial charge < -0.3 is 10.4 Å². The summed E-state index contributed by atoms with van der Waals surface area (Å²) in [6.45, 7) is 5.46. The van der Waals surface area contributed by atoms with Crippen LogP contribution in [0.1, 0.15) is 6.92 Å². The molecule has 0 aromatic rings. The van der Waals surface area contributed by atoms with Crippen molar-refractivity contribution in [2.24, 2.45) is 5.92 Å². The molecule has 1 unspecified atom stereocenters. The molecule has 0 aliphatic rings. The quantitative estimate of drug-likeness (QED) is 0.544. The highest BCUT2D eigenvalue weighted by molar-refractivity contribution is 5.72. The molecule has 1 radical (unpaired) electrons. The molecule has 2 N–H and O–H groups in total. The van der Waals surface area contributed by atoms with Crippen LogP contribution in [0, 0.1) is 12.8 Å². The van der Waals surface area contributed by atoms with Crippen LogP contribution in [0.5, 0.6) is 0 Å². The normalized spacial score (nSPS) is 12.8. The van der Waals surface area contributed by atoms with Crippen LogP contribution in [-0.4, -0.2) is 24.2 Å². The summed E-state index contributed by atoms with van der Waals surface area (Å²) in [5.74, 6) is -0.175. The Labute approximate surface area is 55.1 Å². The van der Waals surface area contributed by atoms with Gasteiger partial charge in [0.15, 0.2) is 0 Å². The molecule has 1 atom stereocenters. The van der Waals surface area contributed by atoms with E-state index in [4.69, 9.17) is 5.11 Å². The van der Waals surface area contributed by atoms with Gasteiger partial charge in [-0.15, -0.1) is 0 Å². The van der Waals surface area contributed by atoms with Crippen molar-refractivity contribution in [1.82, 2.24) is 5.32 Å². The van der Waals surface area contributed by atoms with E-state index in [1.807, 2.05) is 0 Å². The lowest BCUT2D eigenvalue weighted by molar-refractivity contribution is -0.119. The van der Waals surface area contributed by atoms with E-state index in [0.29, 0.717) is 6.54 Å². The minimum atomic E-state index is -0.0890. The molecule has 0 rings (SSSR count). The molecule has 0 spiro atoms. The van der Waals surface area contributed by atoms with E-state index < -0.39 is 0 Å². The molecule has 0 saturated carbocycles. The van der Waals surface area contributed by atoms with Crippen molar-refractivity contribution in [3.63, 3.8) is 0 Å². The number of hydrogen-bond donors (Lipinski definition) is 2. The number of carbonyl (C=O) groups excluding carboxylic acids is 1. The average molecular weight is 130 g/mol. The third-order valence-corrected chi connectivity index (χ3v) is 0.898. The first kappa shape index (κ1) is 8.43. The fourth-order valence-corrected chi connectivity index (χ4v) is 0.353. The van der Waals surface area contributed by atoms with Crippen molar-refractivity contribution in [2.45, 2.75) is 6.92 Å². The van der Waals surface area contributed by atoms with Gasteiger partial charge in [0.1, 0.15) is 0 Å². The maximum absolute atomic E-state index is 10.2. The highest BCUT2D eigenvalue weighted by Gasteiger charge is 1.98. The Morgan fingerprint density at radius 2 is 2.44 bits per heavy atom. The third kappa shape index (κ3) is 5.30. The second-order valence-corrected chi connectivity index (χ2v) is 1.99. The first-order valence-electron chi connectivity index (χ1n) is 2.85. The number of amides is 1. The highest BCUT2D eigenvalue weighted by Crippen LogP contribution is 1.86. The Balaban J connectivity index is 3.16. The fourth-order valence-electron chi connectivity index (χ4n) is 0.353. The number of nitrogens with one attached hydrogen (secondary N) is 1. The first-order valence-corrected chi connectivity index (χ1v) is 2.85. The molecule has 0 saturated heterocycles. The Morgan fingerprint density at radius 1 is 1.89 bits per heavy atom. The van der Waals surface area contributed by atoms with Crippen molar-refractivity contribution in [3.05, 3.63) is 6.92 Å². The summed E-state index contributed by atoms with van der Waals surface area (Å²) in [7, 11) is 0. The van der Waals surface area contributed by atoms with Crippen LogP contribution in [0.15, 0.2) is 0 Å². The maximum atomic E-state index is 10.2. The molecular formula is C6H12NO2. The zero-order valence-electron chi connectivity index (χ0n) is 5.55. The predicted octanol–water partition coefficient (Wildman–Crippen LogP) is -0.435. The van der Waals surface area contributed by atoms with E-state index in [-0.39, 0.29) is 18.4 Å². The summed E-state index contributed by atoms with van der Waals surface area (Å²) >= 11 is 0. The monoisotopic (exact) mass is 130 g/mol. The molecule has 0 aromatic carbocycles. The number of carbonyl (C=O) groups is 1. The van der Waals surface area contributed by atoms with Gasteiger partial charge in [-0.2, -0.15) is 0 Å². The van der Waals surface area contributed by atoms with Gasteiger partial charge in [-0.05, 0) is 12.8 Å². The molecule has 0 aliphatic carbocycles. The van der Waals surface area contributed by atoms with Gasteiger partial charge in [0.2, 0.25) is 5.91 Å². The van der Waals surface area contributed by atoms with E-state index >= 15 is 0 Å². The van der Waals surface area contributed by atoms with Crippen LogP contribution < -0.4 is 5.32 Å². The van der Waals surface area contributed by atoms with Gasteiger partial charge in [0.05, 0.1) is 0 Å². The van der Waals surface area contributed by atoms with E-state index in [1.165, 1.54) is 6.92 Å². The van der Waals surface area contributed by atoms with Crippen LogP contribution in [-0.2, 0) is 4.79 Å². The number of hydrogen-bond acceptors (Lipinski definition) is 2. The molecule has 0 aliphatic heterocycles. The van der Waals surface area contributed by atoms with Crippen LogP contribution in [0.25, 0.3) is 0 Å². The largest absolute Gasteiger partial charge is 0.396 e. The summed E-state index contributed by atoms with van der Waals surface area (Å²) in [4.78, 5) is 10.2. The Morgan fingerprint density at radius 3 is 2.78 bits per heavy atom. The van der Waals surface area contributed by atoms with Gasteiger partial charge in [-0.25, -0.2) is 0 Å². The molecule has 53 valence electrons. The Kier molecular flexibility index (Phi) is 4.05. The average Bonchev–Trinajstić information content (AvgIpc) is 1.83. The second kappa shape index (κ2) is 4.32. The standard InChI is InChI=1S/C6H12NO2/c1-5(4-8)3-7-6(2)9/h5,8H,1,3-4H2,2H3,(H,7,9). The zero-order valence-corrected chi connectivity index (χ0v) is 5.55. The summed E-state index contributed by atoms with van der Waals surface area (Å²) in [6.07, 6.45) is 0. The van der Waals surface area contributed by atoms with Crippen LogP contribution in [0.4, 0.5) is 0 Å². The third-order valence-electron chi connectivity index (χ3n) is 0.898. The highest BCUT2D eigenvalue weighted by atomic mass is 16.3. The fraction of sp³-hybridized carbons (Fsp3) is 0.667. The number of aliphatic hydroxyl groups excluding tert-OH is 1. The molecular weight excluding hydrogens is 118 g/mol. The van der Waals surface area contributed by atoms with Gasteiger partial charge in [-0.3, -0.25) is 4.79 Å². The lowest BCUT2D eigenvalue weighted by Gasteiger charge is -2.06. The maximum Gasteiger partial charge on any atom is 0.216 e. The van der Waals surface area contributed by atoms with E-state index in [1.54, 1.807) is 0 Å². The smallest absolute Gasteiger partial charge is 0.216 e. The molecule has 1 amide bonds. The Bertz CT molecular complexity index is 93.1. The number of rotatable bonds is 3.